The fraction of sp³-hybridized carbons (Fsp3) is 0.735. The third-order valence-corrected chi connectivity index (χ3v) is 6.61. The van der Waals surface area contributed by atoms with E-state index in [2.05, 4.69) is 76.3 Å². The summed E-state index contributed by atoms with van der Waals surface area (Å²) in [5.41, 5.74) is 2.54. The first-order chi connectivity index (χ1) is 20.0. The van der Waals surface area contributed by atoms with Crippen LogP contribution in [0, 0.1) is 12.8 Å². The Morgan fingerprint density at radius 2 is 1.57 bits per heavy atom. The average Bonchev–Trinajstić information content (AvgIpc) is 3.26. The number of benzene rings is 1. The Bertz CT molecular complexity index is 878. The lowest BCUT2D eigenvalue weighted by Crippen LogP contribution is -2.36. The van der Waals surface area contributed by atoms with Gasteiger partial charge in [0, 0.05) is 33.2 Å². The number of alkyl halides is 1. The molecule has 1 saturated heterocycles. The molecule has 2 unspecified atom stereocenters. The van der Waals surface area contributed by atoms with Crippen LogP contribution in [0.5, 0.6) is 11.5 Å². The first-order valence-electron chi connectivity index (χ1n) is 16.2. The van der Waals surface area contributed by atoms with E-state index >= 15 is 0 Å². The van der Waals surface area contributed by atoms with E-state index in [-0.39, 0.29) is 0 Å². The van der Waals surface area contributed by atoms with E-state index in [0.717, 1.165) is 50.8 Å². The Labute approximate surface area is 260 Å². The zero-order chi connectivity index (χ0) is 32.0. The molecule has 1 aromatic carbocycles. The number of allylic oxidation sites excluding steroid dienone is 1. The topological polar surface area (TPSA) is 46.5 Å². The largest absolute Gasteiger partial charge is 0.420 e. The van der Waals surface area contributed by atoms with Crippen molar-refractivity contribution in [3.63, 3.8) is 0 Å². The monoisotopic (exact) mass is 611 g/mol. The molecule has 0 spiro atoms. The quantitative estimate of drug-likeness (QED) is 0.150. The Hall–Kier alpha value is -1.69. The van der Waals surface area contributed by atoms with Gasteiger partial charge in [-0.15, -0.1) is 0 Å². The highest BCUT2D eigenvalue weighted by molar-refractivity contribution is 7.18. The standard InChI is InChI=1S/C16H32N2.C8H8FO2P.C7H15NO.C3H8/c1-7-10-15(14(4)5)13-16(17-6)18(11-8-2)12-9-3;1-5-2-3-6-7(4-5)11-8(9,12)10-6;1-2-3-8-4-6-9-7-5-8;1-3-2/h13-14H,7-12H2,1-6H3;2-4H,12H2,1H3;2-7H2,1H3;3H2,1-2H3/b15-13+,17-16?;;;. The van der Waals surface area contributed by atoms with Crippen LogP contribution in [0.15, 0.2) is 34.8 Å². The van der Waals surface area contributed by atoms with E-state index in [1.54, 1.807) is 12.1 Å². The molecule has 2 heterocycles. The van der Waals surface area contributed by atoms with Crippen LogP contribution < -0.4 is 9.47 Å². The molecule has 8 heteroatoms. The fourth-order valence-electron chi connectivity index (χ4n) is 4.40. The lowest BCUT2D eigenvalue weighted by molar-refractivity contribution is -0.104. The number of aliphatic imine (C=N–C) groups is 1. The SMILES string of the molecule is CCC.CCC/C(=C\C(=NC)N(CCC)CCC)C(C)C.CCCN1CCOCC1.Cc1ccc2c(c1)OC(F)(P)O2. The van der Waals surface area contributed by atoms with Crippen molar-refractivity contribution in [1.82, 2.24) is 9.80 Å². The number of ether oxygens (including phenoxy) is 3. The number of amidine groups is 1. The van der Waals surface area contributed by atoms with Crippen LogP contribution in [0.1, 0.15) is 99.5 Å². The van der Waals surface area contributed by atoms with Crippen LogP contribution >= 0.6 is 9.24 Å². The summed E-state index contributed by atoms with van der Waals surface area (Å²) in [4.78, 5) is 9.36. The van der Waals surface area contributed by atoms with Gasteiger partial charge in [0.2, 0.25) is 0 Å². The van der Waals surface area contributed by atoms with Crippen LogP contribution in [0.25, 0.3) is 0 Å². The van der Waals surface area contributed by atoms with Crippen LogP contribution in [-0.2, 0) is 4.74 Å². The number of hydrogen-bond acceptors (Lipinski definition) is 5. The van der Waals surface area contributed by atoms with Crippen molar-refractivity contribution in [3.8, 4) is 11.5 Å². The molecule has 2 atom stereocenters. The normalized spacial score (nSPS) is 18.3. The molecule has 0 aromatic heterocycles. The molecule has 0 N–H and O–H groups in total. The molecule has 42 heavy (non-hydrogen) atoms. The summed E-state index contributed by atoms with van der Waals surface area (Å²) in [6.45, 7) is 27.2. The van der Waals surface area contributed by atoms with Crippen LogP contribution in [0.4, 0.5) is 4.39 Å². The molecule has 0 radical (unpaired) electrons. The predicted octanol–water partition coefficient (Wildman–Crippen LogP) is 8.89. The van der Waals surface area contributed by atoms with Gasteiger partial charge in [-0.05, 0) is 78.1 Å². The minimum Gasteiger partial charge on any atom is -0.420 e. The third kappa shape index (κ3) is 17.4. The molecular formula is C34H63FN3O3P. The van der Waals surface area contributed by atoms with Gasteiger partial charge in [0.1, 0.15) is 5.84 Å². The summed E-state index contributed by atoms with van der Waals surface area (Å²) in [6.07, 6.45) is 9.58. The van der Waals surface area contributed by atoms with Crippen LogP contribution in [0.2, 0.25) is 0 Å². The van der Waals surface area contributed by atoms with Gasteiger partial charge in [-0.25, -0.2) is 0 Å². The highest BCUT2D eigenvalue weighted by atomic mass is 31.0. The van der Waals surface area contributed by atoms with Gasteiger partial charge in [0.05, 0.1) is 13.2 Å². The van der Waals surface area contributed by atoms with Gasteiger partial charge in [0.15, 0.2) is 11.5 Å². The van der Waals surface area contributed by atoms with Crippen LogP contribution in [-0.4, -0.2) is 74.4 Å². The maximum Gasteiger partial charge on any atom is 0.418 e. The number of hydrogen-bond donors (Lipinski definition) is 0. The molecule has 2 aliphatic rings. The summed E-state index contributed by atoms with van der Waals surface area (Å²) < 4.78 is 27.9. The molecule has 0 aliphatic carbocycles. The van der Waals surface area contributed by atoms with Crippen molar-refractivity contribution in [3.05, 3.63) is 35.4 Å². The van der Waals surface area contributed by atoms with Crippen molar-refractivity contribution in [2.45, 2.75) is 107 Å². The average molecular weight is 612 g/mol. The zero-order valence-electron chi connectivity index (χ0n) is 28.6. The van der Waals surface area contributed by atoms with E-state index in [1.165, 1.54) is 50.6 Å². The molecule has 244 valence electrons. The Morgan fingerprint density at radius 1 is 1.00 bits per heavy atom. The van der Waals surface area contributed by atoms with Crippen molar-refractivity contribution in [1.29, 1.82) is 0 Å². The van der Waals surface area contributed by atoms with Gasteiger partial charge < -0.3 is 19.1 Å². The zero-order valence-corrected chi connectivity index (χ0v) is 29.8. The van der Waals surface area contributed by atoms with Gasteiger partial charge >= 0.3 is 5.78 Å². The second-order valence-corrected chi connectivity index (χ2v) is 11.8. The molecule has 0 bridgehead atoms. The molecule has 0 saturated carbocycles. The van der Waals surface area contributed by atoms with E-state index in [4.69, 9.17) is 14.2 Å². The first kappa shape index (κ1) is 40.3. The van der Waals surface area contributed by atoms with Crippen LogP contribution in [0.3, 0.4) is 0 Å². The lowest BCUT2D eigenvalue weighted by Gasteiger charge is -2.25. The fourth-order valence-corrected chi connectivity index (χ4v) is 4.66. The minimum absolute atomic E-state index is 0.443. The second kappa shape index (κ2) is 23.7. The van der Waals surface area contributed by atoms with Crippen molar-refractivity contribution < 1.29 is 18.6 Å². The summed E-state index contributed by atoms with van der Waals surface area (Å²) >= 11 is 0. The smallest absolute Gasteiger partial charge is 0.418 e. The van der Waals surface area contributed by atoms with Gasteiger partial charge in [0.25, 0.3) is 0 Å². The Kier molecular flexibility index (Phi) is 22.8. The number of morpholine rings is 1. The molecule has 1 aromatic rings. The van der Waals surface area contributed by atoms with Gasteiger partial charge in [-0.3, -0.25) is 9.89 Å². The Balaban J connectivity index is 0.000000601. The predicted molar refractivity (Wildman–Crippen MR) is 183 cm³/mol. The van der Waals surface area contributed by atoms with E-state index < -0.39 is 5.78 Å². The highest BCUT2D eigenvalue weighted by Gasteiger charge is 2.36. The number of nitrogens with zero attached hydrogens (tertiary/aromatic N) is 3. The first-order valence-corrected chi connectivity index (χ1v) is 16.8. The second-order valence-electron chi connectivity index (χ2n) is 11.1. The molecule has 2 aliphatic heterocycles. The summed E-state index contributed by atoms with van der Waals surface area (Å²) in [7, 11) is 3.77. The third-order valence-electron chi connectivity index (χ3n) is 6.38. The number of rotatable bonds is 10. The molecule has 6 nitrogen and oxygen atoms in total. The summed E-state index contributed by atoms with van der Waals surface area (Å²) in [5.74, 6) is 0.587. The van der Waals surface area contributed by atoms with E-state index in [9.17, 15) is 4.39 Å². The van der Waals surface area contributed by atoms with Gasteiger partial charge in [-0.2, -0.15) is 4.39 Å². The molecular weight excluding hydrogens is 548 g/mol. The van der Waals surface area contributed by atoms with Crippen molar-refractivity contribution in [2.75, 3.05) is 53.0 Å². The maximum absolute atomic E-state index is 13.1. The van der Waals surface area contributed by atoms with E-state index in [0.29, 0.717) is 17.4 Å². The minimum atomic E-state index is -2.09. The van der Waals surface area contributed by atoms with Gasteiger partial charge in [-0.1, -0.05) is 79.9 Å². The van der Waals surface area contributed by atoms with Crippen molar-refractivity contribution >= 4 is 15.1 Å². The van der Waals surface area contributed by atoms with Crippen molar-refractivity contribution in [2.24, 2.45) is 10.9 Å². The number of halogens is 1. The maximum atomic E-state index is 13.1. The number of aryl methyl sites for hydroxylation is 1. The lowest BCUT2D eigenvalue weighted by atomic mass is 9.98. The Morgan fingerprint density at radius 3 is 2.05 bits per heavy atom. The highest BCUT2D eigenvalue weighted by Crippen LogP contribution is 2.43. The molecule has 1 fully saturated rings. The van der Waals surface area contributed by atoms with E-state index in [1.807, 2.05) is 29.3 Å². The molecule has 3 rings (SSSR count). The number of fused-ring (bicyclic) bond motifs is 1. The molecule has 0 amide bonds. The summed E-state index contributed by atoms with van der Waals surface area (Å²) in [5, 5.41) is 0. The summed E-state index contributed by atoms with van der Waals surface area (Å²) in [6, 6.07) is 5.27.